The zero-order chi connectivity index (χ0) is 21.8. The van der Waals surface area contributed by atoms with Gasteiger partial charge in [0.05, 0.1) is 29.4 Å². The van der Waals surface area contributed by atoms with Gasteiger partial charge in [0, 0.05) is 26.2 Å². The molecule has 0 spiro atoms. The summed E-state index contributed by atoms with van der Waals surface area (Å²) in [7, 11) is 0. The molecule has 1 aliphatic rings. The summed E-state index contributed by atoms with van der Waals surface area (Å²) < 4.78 is 19.3. The summed E-state index contributed by atoms with van der Waals surface area (Å²) in [4.78, 5) is 25.8. The molecule has 2 heterocycles. The van der Waals surface area contributed by atoms with Gasteiger partial charge in [-0.2, -0.15) is 5.26 Å². The fraction of sp³-hybridized carbons (Fsp3) is 0.304. The quantitative estimate of drug-likeness (QED) is 0.587. The van der Waals surface area contributed by atoms with Crippen LogP contribution in [0.4, 0.5) is 15.9 Å². The summed E-state index contributed by atoms with van der Waals surface area (Å²) in [5.41, 5.74) is 2.14. The molecule has 1 aromatic heterocycles. The maximum absolute atomic E-state index is 14.2. The van der Waals surface area contributed by atoms with Crippen LogP contribution in [0, 0.1) is 17.1 Å². The molecule has 0 bridgehead atoms. The zero-order valence-corrected chi connectivity index (χ0v) is 17.2. The average molecular weight is 419 g/mol. The third-order valence-electron chi connectivity index (χ3n) is 5.28. The first-order valence-corrected chi connectivity index (χ1v) is 10.2. The van der Waals surface area contributed by atoms with Crippen molar-refractivity contribution in [2.75, 3.05) is 42.6 Å². The van der Waals surface area contributed by atoms with Crippen LogP contribution in [0.1, 0.15) is 18.5 Å². The molecule has 1 atom stereocenters. The fourth-order valence-corrected chi connectivity index (χ4v) is 3.75. The minimum Gasteiger partial charge on any atom is -0.465 e. The van der Waals surface area contributed by atoms with Crippen molar-refractivity contribution in [3.8, 4) is 6.07 Å². The molecule has 31 heavy (non-hydrogen) atoms. The van der Waals surface area contributed by atoms with E-state index in [1.807, 2.05) is 40.1 Å². The number of anilines is 2. The normalized spacial score (nSPS) is 14.9. The number of fused-ring (bicyclic) bond motifs is 1. The summed E-state index contributed by atoms with van der Waals surface area (Å²) >= 11 is 0. The number of ether oxygens (including phenoxy) is 1. The molecule has 0 amide bonds. The first-order valence-electron chi connectivity index (χ1n) is 10.2. The Bertz CT molecular complexity index is 1140. The standard InChI is InChI=1S/C23H22FN5O2/c1-2-31-23(30)16(15-25)21-22(27-19-9-5-4-8-18(19)26-21)29-13-11-28(12-14-29)20-10-6-3-7-17(20)24/h3-10,16H,2,11-14H2,1H3. The van der Waals surface area contributed by atoms with Gasteiger partial charge in [0.15, 0.2) is 11.7 Å². The van der Waals surface area contributed by atoms with Crippen molar-refractivity contribution in [3.05, 3.63) is 60.0 Å². The Hall–Kier alpha value is -3.73. The number of hydrogen-bond acceptors (Lipinski definition) is 7. The number of aromatic nitrogens is 2. The monoisotopic (exact) mass is 419 g/mol. The van der Waals surface area contributed by atoms with E-state index in [1.165, 1.54) is 6.07 Å². The van der Waals surface area contributed by atoms with Gasteiger partial charge in [-0.05, 0) is 31.2 Å². The second-order valence-corrected chi connectivity index (χ2v) is 7.16. The highest BCUT2D eigenvalue weighted by Gasteiger charge is 2.31. The Balaban J connectivity index is 1.67. The maximum Gasteiger partial charge on any atom is 0.329 e. The summed E-state index contributed by atoms with van der Waals surface area (Å²) in [5.74, 6) is -1.57. The van der Waals surface area contributed by atoms with Crippen LogP contribution in [0.3, 0.4) is 0 Å². The number of hydrogen-bond donors (Lipinski definition) is 0. The van der Waals surface area contributed by atoms with Gasteiger partial charge in [-0.15, -0.1) is 0 Å². The van der Waals surface area contributed by atoms with E-state index in [1.54, 1.807) is 25.1 Å². The van der Waals surface area contributed by atoms with E-state index in [0.29, 0.717) is 54.4 Å². The highest BCUT2D eigenvalue weighted by atomic mass is 19.1. The maximum atomic E-state index is 14.2. The molecule has 7 nitrogen and oxygen atoms in total. The first-order chi connectivity index (χ1) is 15.1. The molecular weight excluding hydrogens is 397 g/mol. The predicted molar refractivity (Wildman–Crippen MR) is 115 cm³/mol. The van der Waals surface area contributed by atoms with Crippen LogP contribution in [0.2, 0.25) is 0 Å². The Labute approximate surface area is 179 Å². The molecule has 3 aromatic rings. The van der Waals surface area contributed by atoms with Gasteiger partial charge >= 0.3 is 5.97 Å². The smallest absolute Gasteiger partial charge is 0.329 e. The number of rotatable bonds is 5. The largest absolute Gasteiger partial charge is 0.465 e. The van der Waals surface area contributed by atoms with Crippen molar-refractivity contribution in [2.45, 2.75) is 12.8 Å². The lowest BCUT2D eigenvalue weighted by Crippen LogP contribution is -2.47. The van der Waals surface area contributed by atoms with Crippen LogP contribution in [-0.2, 0) is 9.53 Å². The average Bonchev–Trinajstić information content (AvgIpc) is 2.80. The molecule has 158 valence electrons. The fourth-order valence-electron chi connectivity index (χ4n) is 3.75. The van der Waals surface area contributed by atoms with E-state index in [4.69, 9.17) is 9.72 Å². The molecular formula is C23H22FN5O2. The molecule has 1 aliphatic heterocycles. The zero-order valence-electron chi connectivity index (χ0n) is 17.2. The number of esters is 1. The molecule has 8 heteroatoms. The Morgan fingerprint density at radius 1 is 1.06 bits per heavy atom. The van der Waals surface area contributed by atoms with E-state index in [9.17, 15) is 14.4 Å². The number of benzene rings is 2. The molecule has 2 aromatic carbocycles. The number of piperazine rings is 1. The van der Waals surface area contributed by atoms with Crippen molar-refractivity contribution in [3.63, 3.8) is 0 Å². The number of nitrogens with zero attached hydrogens (tertiary/aromatic N) is 5. The summed E-state index contributed by atoms with van der Waals surface area (Å²) in [6.45, 7) is 4.12. The van der Waals surface area contributed by atoms with E-state index >= 15 is 0 Å². The minimum atomic E-state index is -1.17. The van der Waals surface area contributed by atoms with Crippen LogP contribution >= 0.6 is 0 Å². The Morgan fingerprint density at radius 3 is 2.32 bits per heavy atom. The summed E-state index contributed by atoms with van der Waals surface area (Å²) in [6.07, 6.45) is 0. The lowest BCUT2D eigenvalue weighted by atomic mass is 10.1. The molecule has 0 radical (unpaired) electrons. The SMILES string of the molecule is CCOC(=O)C(C#N)c1nc2ccccc2nc1N1CCN(c2ccccc2F)CC1. The first kappa shape index (κ1) is 20.5. The van der Waals surface area contributed by atoms with E-state index in [-0.39, 0.29) is 12.4 Å². The third-order valence-corrected chi connectivity index (χ3v) is 5.28. The molecule has 0 N–H and O–H groups in total. The number of carbonyl (C=O) groups excluding carboxylic acids is 1. The van der Waals surface area contributed by atoms with Gasteiger partial charge in [-0.25, -0.2) is 14.4 Å². The highest BCUT2D eigenvalue weighted by Crippen LogP contribution is 2.29. The third kappa shape index (κ3) is 4.12. The molecule has 1 fully saturated rings. The molecule has 0 aliphatic carbocycles. The molecule has 0 saturated carbocycles. The van der Waals surface area contributed by atoms with Gasteiger partial charge in [0.25, 0.3) is 0 Å². The molecule has 1 unspecified atom stereocenters. The predicted octanol–water partition coefficient (Wildman–Crippen LogP) is 3.27. The Morgan fingerprint density at radius 2 is 1.68 bits per heavy atom. The van der Waals surface area contributed by atoms with Crippen LogP contribution in [0.5, 0.6) is 0 Å². The van der Waals surface area contributed by atoms with Crippen molar-refractivity contribution in [1.29, 1.82) is 5.26 Å². The highest BCUT2D eigenvalue weighted by molar-refractivity contribution is 5.85. The van der Waals surface area contributed by atoms with E-state index in [0.717, 1.165) is 0 Å². The number of halogens is 1. The van der Waals surface area contributed by atoms with Gasteiger partial charge in [0.2, 0.25) is 0 Å². The Kier molecular flexibility index (Phi) is 5.94. The minimum absolute atomic E-state index is 0.175. The topological polar surface area (TPSA) is 82.3 Å². The van der Waals surface area contributed by atoms with Crippen molar-refractivity contribution in [2.24, 2.45) is 0 Å². The van der Waals surface area contributed by atoms with E-state index in [2.05, 4.69) is 4.98 Å². The van der Waals surface area contributed by atoms with Crippen molar-refractivity contribution >= 4 is 28.5 Å². The van der Waals surface area contributed by atoms with Crippen LogP contribution in [0.25, 0.3) is 11.0 Å². The summed E-state index contributed by atoms with van der Waals surface area (Å²) in [6, 6.07) is 16.1. The van der Waals surface area contributed by atoms with Crippen molar-refractivity contribution in [1.82, 2.24) is 9.97 Å². The van der Waals surface area contributed by atoms with Gasteiger partial charge in [-0.3, -0.25) is 4.79 Å². The second kappa shape index (κ2) is 8.96. The second-order valence-electron chi connectivity index (χ2n) is 7.16. The molecule has 1 saturated heterocycles. The van der Waals surface area contributed by atoms with Crippen LogP contribution in [-0.4, -0.2) is 48.7 Å². The van der Waals surface area contributed by atoms with Crippen molar-refractivity contribution < 1.29 is 13.9 Å². The number of nitriles is 1. The molecule has 4 rings (SSSR count). The van der Waals surface area contributed by atoms with Gasteiger partial charge in [-0.1, -0.05) is 24.3 Å². The lowest BCUT2D eigenvalue weighted by molar-refractivity contribution is -0.143. The van der Waals surface area contributed by atoms with Crippen LogP contribution in [0.15, 0.2) is 48.5 Å². The number of para-hydroxylation sites is 3. The number of carbonyl (C=O) groups is 1. The van der Waals surface area contributed by atoms with Crippen LogP contribution < -0.4 is 9.80 Å². The summed E-state index contributed by atoms with van der Waals surface area (Å²) in [5, 5.41) is 9.71. The van der Waals surface area contributed by atoms with Gasteiger partial charge < -0.3 is 14.5 Å². The van der Waals surface area contributed by atoms with Gasteiger partial charge in [0.1, 0.15) is 11.5 Å². The lowest BCUT2D eigenvalue weighted by Gasteiger charge is -2.37. The van der Waals surface area contributed by atoms with E-state index < -0.39 is 11.9 Å².